The average molecular weight is 515 g/mol. The predicted molar refractivity (Wildman–Crippen MR) is 138 cm³/mol. The van der Waals surface area contributed by atoms with Crippen molar-refractivity contribution in [2.24, 2.45) is 5.73 Å². The van der Waals surface area contributed by atoms with Crippen molar-refractivity contribution >= 4 is 35.1 Å². The van der Waals surface area contributed by atoms with E-state index in [-0.39, 0.29) is 16.6 Å². The van der Waals surface area contributed by atoms with Crippen LogP contribution in [-0.4, -0.2) is 22.0 Å². The Balaban J connectivity index is 1.77. The van der Waals surface area contributed by atoms with Crippen molar-refractivity contribution in [3.05, 3.63) is 103 Å². The van der Waals surface area contributed by atoms with Gasteiger partial charge in [0, 0.05) is 17.8 Å². The highest BCUT2D eigenvalue weighted by Crippen LogP contribution is 2.21. The Labute approximate surface area is 214 Å². The minimum absolute atomic E-state index is 0.0507. The molecule has 0 fully saturated rings. The molecule has 0 aliphatic heterocycles. The fourth-order valence-electron chi connectivity index (χ4n) is 3.66. The van der Waals surface area contributed by atoms with Crippen molar-refractivity contribution in [3.63, 3.8) is 0 Å². The molecule has 0 aliphatic carbocycles. The smallest absolute Gasteiger partial charge is 0.338 e. The summed E-state index contributed by atoms with van der Waals surface area (Å²) in [5.74, 6) is -0.879. The Kier molecular flexibility index (Phi) is 8.41. The van der Waals surface area contributed by atoms with Crippen LogP contribution in [0.3, 0.4) is 0 Å². The number of carbonyl (C=O) groups is 2. The van der Waals surface area contributed by atoms with Crippen LogP contribution in [0.5, 0.6) is 0 Å². The molecule has 0 aliphatic rings. The maximum absolute atomic E-state index is 12.8. The normalized spacial score (nSPS) is 11.3. The van der Waals surface area contributed by atoms with E-state index in [1.165, 1.54) is 6.07 Å². The summed E-state index contributed by atoms with van der Waals surface area (Å²) in [6, 6.07) is 15.6. The minimum atomic E-state index is -0.569. The van der Waals surface area contributed by atoms with Gasteiger partial charge in [0.2, 0.25) is 5.91 Å². The number of amides is 1. The first-order chi connectivity index (χ1) is 16.4. The summed E-state index contributed by atoms with van der Waals surface area (Å²) < 4.78 is 6.98. The Hall–Kier alpha value is -3.09. The van der Waals surface area contributed by atoms with Gasteiger partial charge in [0.1, 0.15) is 10.6 Å². The number of rotatable bonds is 8. The molecular formula is C27H28Cl2N2O4. The first-order valence-electron chi connectivity index (χ1n) is 11.2. The Bertz CT molecular complexity index is 1290. The van der Waals surface area contributed by atoms with Gasteiger partial charge in [-0.3, -0.25) is 9.59 Å². The van der Waals surface area contributed by atoms with Crippen molar-refractivity contribution in [3.8, 4) is 0 Å². The topological polar surface area (TPSA) is 91.4 Å². The summed E-state index contributed by atoms with van der Waals surface area (Å²) >= 11 is 12.6. The van der Waals surface area contributed by atoms with E-state index in [0.29, 0.717) is 47.7 Å². The number of benzene rings is 2. The van der Waals surface area contributed by atoms with E-state index >= 15 is 0 Å². The molecule has 1 heterocycles. The number of primary amides is 1. The summed E-state index contributed by atoms with van der Waals surface area (Å²) in [5.41, 5.74) is 7.90. The molecule has 1 amide bonds. The molecular weight excluding hydrogens is 487 g/mol. The van der Waals surface area contributed by atoms with Gasteiger partial charge in [-0.05, 0) is 81.5 Å². The van der Waals surface area contributed by atoms with Crippen LogP contribution in [0.2, 0.25) is 10.0 Å². The molecule has 0 saturated heterocycles. The minimum Gasteiger partial charge on any atom is -0.456 e. The molecule has 0 unspecified atom stereocenters. The largest absolute Gasteiger partial charge is 0.456 e. The molecule has 184 valence electrons. The van der Waals surface area contributed by atoms with Crippen LogP contribution in [0.15, 0.2) is 59.4 Å². The molecule has 1 aromatic heterocycles. The zero-order chi connectivity index (χ0) is 25.8. The first-order valence-corrected chi connectivity index (χ1v) is 12.0. The van der Waals surface area contributed by atoms with Gasteiger partial charge in [0.05, 0.1) is 10.6 Å². The van der Waals surface area contributed by atoms with Crippen LogP contribution in [0, 0.1) is 0 Å². The molecule has 0 radical (unpaired) electrons. The van der Waals surface area contributed by atoms with Gasteiger partial charge in [-0.1, -0.05) is 47.5 Å². The van der Waals surface area contributed by atoms with E-state index in [1.54, 1.807) is 34.9 Å². The SMILES string of the molecule is CC(C)(C)OC(=O)c1ccc(CCn2c(CCc3cccc(C(N)=O)c3)c(Cl)cc(Cl)c2=O)cc1. The van der Waals surface area contributed by atoms with E-state index in [0.717, 1.165) is 11.1 Å². The summed E-state index contributed by atoms with van der Waals surface area (Å²) in [7, 11) is 0. The van der Waals surface area contributed by atoms with Gasteiger partial charge >= 0.3 is 5.97 Å². The van der Waals surface area contributed by atoms with Crippen LogP contribution in [0.25, 0.3) is 0 Å². The number of pyridine rings is 1. The standard InChI is InChI=1S/C27H28Cl2N2O4/c1-27(2,3)35-26(34)19-10-7-17(8-11-19)13-14-31-23(21(28)16-22(29)25(31)33)12-9-18-5-4-6-20(15-18)24(30)32/h4-8,10-11,15-16H,9,12-14H2,1-3H3,(H2,30,32). The van der Waals surface area contributed by atoms with Crippen LogP contribution in [-0.2, 0) is 30.5 Å². The number of ether oxygens (including phenoxy) is 1. The number of nitrogens with two attached hydrogens (primary N) is 1. The van der Waals surface area contributed by atoms with Crippen molar-refractivity contribution in [2.75, 3.05) is 0 Å². The average Bonchev–Trinajstić information content (AvgIpc) is 2.79. The highest BCUT2D eigenvalue weighted by atomic mass is 35.5. The zero-order valence-corrected chi connectivity index (χ0v) is 21.4. The van der Waals surface area contributed by atoms with Crippen molar-refractivity contribution in [1.82, 2.24) is 4.57 Å². The molecule has 6 nitrogen and oxygen atoms in total. The van der Waals surface area contributed by atoms with Crippen molar-refractivity contribution in [2.45, 2.75) is 52.2 Å². The van der Waals surface area contributed by atoms with Gasteiger partial charge in [0.25, 0.3) is 5.56 Å². The molecule has 3 aromatic rings. The molecule has 2 N–H and O–H groups in total. The van der Waals surface area contributed by atoms with E-state index in [1.807, 2.05) is 39.0 Å². The Morgan fingerprint density at radius 1 is 0.886 bits per heavy atom. The summed E-state index contributed by atoms with van der Waals surface area (Å²) in [4.78, 5) is 36.6. The Morgan fingerprint density at radius 2 is 1.57 bits per heavy atom. The number of aromatic nitrogens is 1. The number of hydrogen-bond acceptors (Lipinski definition) is 4. The first kappa shape index (κ1) is 26.5. The second kappa shape index (κ2) is 11.1. The summed E-state index contributed by atoms with van der Waals surface area (Å²) in [6.07, 6.45) is 1.58. The second-order valence-electron chi connectivity index (χ2n) is 9.26. The third kappa shape index (κ3) is 7.20. The quantitative estimate of drug-likeness (QED) is 0.416. The van der Waals surface area contributed by atoms with E-state index in [2.05, 4.69) is 0 Å². The maximum Gasteiger partial charge on any atom is 0.338 e. The number of nitrogens with zero attached hydrogens (tertiary/aromatic N) is 1. The fraction of sp³-hybridized carbons (Fsp3) is 0.296. The number of hydrogen-bond donors (Lipinski definition) is 1. The zero-order valence-electron chi connectivity index (χ0n) is 19.9. The fourth-order valence-corrected chi connectivity index (χ4v) is 4.23. The molecule has 0 saturated carbocycles. The third-order valence-corrected chi connectivity index (χ3v) is 5.98. The second-order valence-corrected chi connectivity index (χ2v) is 10.1. The monoisotopic (exact) mass is 514 g/mol. The molecule has 2 aromatic carbocycles. The van der Waals surface area contributed by atoms with Crippen LogP contribution < -0.4 is 11.3 Å². The van der Waals surface area contributed by atoms with Gasteiger partial charge in [-0.2, -0.15) is 0 Å². The van der Waals surface area contributed by atoms with Gasteiger partial charge < -0.3 is 15.0 Å². The van der Waals surface area contributed by atoms with Crippen LogP contribution >= 0.6 is 23.2 Å². The lowest BCUT2D eigenvalue weighted by atomic mass is 10.0. The summed E-state index contributed by atoms with van der Waals surface area (Å²) in [6.45, 7) is 5.82. The van der Waals surface area contributed by atoms with Crippen molar-refractivity contribution in [1.29, 1.82) is 0 Å². The van der Waals surface area contributed by atoms with E-state index in [9.17, 15) is 14.4 Å². The highest BCUT2D eigenvalue weighted by molar-refractivity contribution is 6.34. The lowest BCUT2D eigenvalue weighted by Gasteiger charge is -2.19. The lowest BCUT2D eigenvalue weighted by molar-refractivity contribution is 0.00694. The van der Waals surface area contributed by atoms with Gasteiger partial charge in [-0.15, -0.1) is 0 Å². The van der Waals surface area contributed by atoms with E-state index in [4.69, 9.17) is 33.7 Å². The third-order valence-electron chi connectivity index (χ3n) is 5.38. The molecule has 35 heavy (non-hydrogen) atoms. The van der Waals surface area contributed by atoms with Gasteiger partial charge in [0.15, 0.2) is 0 Å². The number of halogens is 2. The number of carbonyl (C=O) groups excluding carboxylic acids is 2. The lowest BCUT2D eigenvalue weighted by Crippen LogP contribution is -2.26. The van der Waals surface area contributed by atoms with Crippen molar-refractivity contribution < 1.29 is 14.3 Å². The molecule has 0 spiro atoms. The number of esters is 1. The predicted octanol–water partition coefficient (Wildman–Crippen LogP) is 5.24. The maximum atomic E-state index is 12.8. The van der Waals surface area contributed by atoms with Gasteiger partial charge in [-0.25, -0.2) is 4.79 Å². The molecule has 8 heteroatoms. The Morgan fingerprint density at radius 3 is 2.20 bits per heavy atom. The number of aryl methyl sites for hydroxylation is 2. The van der Waals surface area contributed by atoms with Crippen LogP contribution in [0.4, 0.5) is 0 Å². The molecule has 0 bridgehead atoms. The van der Waals surface area contributed by atoms with Crippen LogP contribution in [0.1, 0.15) is 58.3 Å². The summed E-state index contributed by atoms with van der Waals surface area (Å²) in [5, 5.41) is 0.454. The molecule has 0 atom stereocenters. The van der Waals surface area contributed by atoms with E-state index < -0.39 is 11.5 Å². The highest BCUT2D eigenvalue weighted by Gasteiger charge is 2.18. The molecule has 3 rings (SSSR count).